The highest BCUT2D eigenvalue weighted by atomic mass is 16.5. The van der Waals surface area contributed by atoms with Crippen molar-refractivity contribution in [3.8, 4) is 5.75 Å². The fourth-order valence-corrected chi connectivity index (χ4v) is 2.39. The van der Waals surface area contributed by atoms with Gasteiger partial charge < -0.3 is 15.2 Å². The van der Waals surface area contributed by atoms with Crippen LogP contribution in [0, 0.1) is 5.92 Å². The van der Waals surface area contributed by atoms with Gasteiger partial charge in [-0.3, -0.25) is 0 Å². The first-order valence-electron chi connectivity index (χ1n) is 6.29. The normalized spacial score (nSPS) is 16.3. The fraction of sp³-hybridized carbons (Fsp3) is 0.571. The molecule has 0 heterocycles. The molecule has 2 N–H and O–H groups in total. The molecule has 0 aromatic heterocycles. The van der Waals surface area contributed by atoms with Gasteiger partial charge in [0, 0.05) is 6.61 Å². The lowest BCUT2D eigenvalue weighted by molar-refractivity contribution is 0.0889. The summed E-state index contributed by atoms with van der Waals surface area (Å²) in [5, 5.41) is 0. The molecule has 94 valence electrons. The number of nitrogen functional groups attached to an aromatic ring is 1. The lowest BCUT2D eigenvalue weighted by atomic mass is 10.1. The van der Waals surface area contributed by atoms with E-state index in [9.17, 15) is 0 Å². The minimum absolute atomic E-state index is 0.644. The van der Waals surface area contributed by atoms with E-state index in [4.69, 9.17) is 15.2 Å². The molecule has 1 saturated carbocycles. The molecule has 0 atom stereocenters. The van der Waals surface area contributed by atoms with Gasteiger partial charge in [-0.1, -0.05) is 18.9 Å². The highest BCUT2D eigenvalue weighted by molar-refractivity contribution is 5.54. The van der Waals surface area contributed by atoms with Crippen LogP contribution in [0.3, 0.4) is 0 Å². The van der Waals surface area contributed by atoms with Crippen LogP contribution in [-0.2, 0) is 11.3 Å². The smallest absolute Gasteiger partial charge is 0.141 e. The third-order valence-electron chi connectivity index (χ3n) is 3.39. The van der Waals surface area contributed by atoms with E-state index in [1.165, 1.54) is 25.7 Å². The predicted octanol–water partition coefficient (Wildman–Crippen LogP) is 2.98. The standard InChI is InChI=1S/C14H21NO2/c1-16-14-7-6-12(8-13(14)15)10-17-9-11-4-2-3-5-11/h6-8,11H,2-5,9-10,15H2,1H3. The monoisotopic (exact) mass is 235 g/mol. The van der Waals surface area contributed by atoms with Crippen molar-refractivity contribution in [3.63, 3.8) is 0 Å². The minimum atomic E-state index is 0.644. The van der Waals surface area contributed by atoms with E-state index in [0.717, 1.165) is 23.8 Å². The highest BCUT2D eigenvalue weighted by Gasteiger charge is 2.14. The zero-order valence-corrected chi connectivity index (χ0v) is 10.4. The molecule has 1 aliphatic carbocycles. The third kappa shape index (κ3) is 3.37. The van der Waals surface area contributed by atoms with Gasteiger partial charge in [-0.15, -0.1) is 0 Å². The van der Waals surface area contributed by atoms with E-state index in [0.29, 0.717) is 12.3 Å². The summed E-state index contributed by atoms with van der Waals surface area (Å²) in [5.74, 6) is 1.50. The van der Waals surface area contributed by atoms with Gasteiger partial charge in [0.2, 0.25) is 0 Å². The summed E-state index contributed by atoms with van der Waals surface area (Å²) in [4.78, 5) is 0. The third-order valence-corrected chi connectivity index (χ3v) is 3.39. The molecule has 0 bridgehead atoms. The number of benzene rings is 1. The summed E-state index contributed by atoms with van der Waals surface area (Å²) in [7, 11) is 1.63. The number of nitrogens with two attached hydrogens (primary N) is 1. The van der Waals surface area contributed by atoms with E-state index < -0.39 is 0 Å². The highest BCUT2D eigenvalue weighted by Crippen LogP contribution is 2.26. The fourth-order valence-electron chi connectivity index (χ4n) is 2.39. The Morgan fingerprint density at radius 2 is 2.06 bits per heavy atom. The summed E-state index contributed by atoms with van der Waals surface area (Å²) in [5.41, 5.74) is 7.63. The van der Waals surface area contributed by atoms with Crippen molar-refractivity contribution >= 4 is 5.69 Å². The maximum atomic E-state index is 5.85. The van der Waals surface area contributed by atoms with Crippen LogP contribution in [0.2, 0.25) is 0 Å². The quantitative estimate of drug-likeness (QED) is 0.798. The Morgan fingerprint density at radius 1 is 1.29 bits per heavy atom. The molecular weight excluding hydrogens is 214 g/mol. The molecule has 1 fully saturated rings. The van der Waals surface area contributed by atoms with Crippen LogP contribution in [0.4, 0.5) is 5.69 Å². The maximum Gasteiger partial charge on any atom is 0.141 e. The average molecular weight is 235 g/mol. The lowest BCUT2D eigenvalue weighted by Gasteiger charge is -2.11. The molecule has 17 heavy (non-hydrogen) atoms. The van der Waals surface area contributed by atoms with Crippen molar-refractivity contribution < 1.29 is 9.47 Å². The van der Waals surface area contributed by atoms with Gasteiger partial charge >= 0.3 is 0 Å². The van der Waals surface area contributed by atoms with Crippen molar-refractivity contribution in [1.82, 2.24) is 0 Å². The first kappa shape index (κ1) is 12.2. The Kier molecular flexibility index (Phi) is 4.26. The molecule has 0 radical (unpaired) electrons. The topological polar surface area (TPSA) is 44.5 Å². The number of hydrogen-bond acceptors (Lipinski definition) is 3. The maximum absolute atomic E-state index is 5.85. The molecule has 1 aliphatic rings. The molecule has 2 rings (SSSR count). The Bertz CT molecular complexity index is 359. The van der Waals surface area contributed by atoms with Crippen molar-refractivity contribution in [2.45, 2.75) is 32.3 Å². The summed E-state index contributed by atoms with van der Waals surface area (Å²) >= 11 is 0. The van der Waals surface area contributed by atoms with E-state index in [1.807, 2.05) is 18.2 Å². The number of methoxy groups -OCH3 is 1. The molecule has 0 aliphatic heterocycles. The van der Waals surface area contributed by atoms with Gasteiger partial charge in [0.1, 0.15) is 5.75 Å². The van der Waals surface area contributed by atoms with Gasteiger partial charge in [0.05, 0.1) is 19.4 Å². The summed E-state index contributed by atoms with van der Waals surface area (Å²) in [6.07, 6.45) is 5.38. The number of anilines is 1. The molecule has 0 spiro atoms. The Morgan fingerprint density at radius 3 is 2.71 bits per heavy atom. The molecule has 3 nitrogen and oxygen atoms in total. The van der Waals surface area contributed by atoms with Gasteiger partial charge in [-0.25, -0.2) is 0 Å². The van der Waals surface area contributed by atoms with E-state index >= 15 is 0 Å². The summed E-state index contributed by atoms with van der Waals surface area (Å²) < 4.78 is 10.9. The van der Waals surface area contributed by atoms with Crippen molar-refractivity contribution in [2.24, 2.45) is 5.92 Å². The van der Waals surface area contributed by atoms with Gasteiger partial charge in [-0.05, 0) is 36.5 Å². The largest absolute Gasteiger partial charge is 0.495 e. The lowest BCUT2D eigenvalue weighted by Crippen LogP contribution is -2.05. The SMILES string of the molecule is COc1ccc(COCC2CCCC2)cc1N. The van der Waals surface area contributed by atoms with Gasteiger partial charge in [0.25, 0.3) is 0 Å². The van der Waals surface area contributed by atoms with Crippen LogP contribution in [-0.4, -0.2) is 13.7 Å². The molecule has 0 amide bonds. The first-order chi connectivity index (χ1) is 8.29. The van der Waals surface area contributed by atoms with Gasteiger partial charge in [0.15, 0.2) is 0 Å². The molecule has 1 aromatic rings. The predicted molar refractivity (Wildman–Crippen MR) is 69.0 cm³/mol. The second kappa shape index (κ2) is 5.92. The molecule has 1 aromatic carbocycles. The second-order valence-electron chi connectivity index (χ2n) is 4.74. The van der Waals surface area contributed by atoms with Crippen LogP contribution in [0.25, 0.3) is 0 Å². The van der Waals surface area contributed by atoms with Crippen molar-refractivity contribution in [3.05, 3.63) is 23.8 Å². The van der Waals surface area contributed by atoms with Crippen LogP contribution in [0.15, 0.2) is 18.2 Å². The molecule has 3 heteroatoms. The average Bonchev–Trinajstić information content (AvgIpc) is 2.82. The molecular formula is C14H21NO2. The van der Waals surface area contributed by atoms with E-state index in [-0.39, 0.29) is 0 Å². The molecule has 0 saturated heterocycles. The van der Waals surface area contributed by atoms with Gasteiger partial charge in [-0.2, -0.15) is 0 Å². The Hall–Kier alpha value is -1.22. The Balaban J connectivity index is 1.80. The number of ether oxygens (including phenoxy) is 2. The van der Waals surface area contributed by atoms with E-state index in [1.54, 1.807) is 7.11 Å². The van der Waals surface area contributed by atoms with Crippen LogP contribution in [0.5, 0.6) is 5.75 Å². The zero-order chi connectivity index (χ0) is 12.1. The Labute approximate surface area is 103 Å². The van der Waals surface area contributed by atoms with Crippen LogP contribution in [0.1, 0.15) is 31.2 Å². The van der Waals surface area contributed by atoms with Crippen molar-refractivity contribution in [2.75, 3.05) is 19.5 Å². The number of hydrogen-bond donors (Lipinski definition) is 1. The first-order valence-corrected chi connectivity index (χ1v) is 6.29. The summed E-state index contributed by atoms with van der Waals surface area (Å²) in [6.45, 7) is 1.52. The molecule has 0 unspecified atom stereocenters. The zero-order valence-electron chi connectivity index (χ0n) is 10.4. The van der Waals surface area contributed by atoms with Crippen LogP contribution >= 0.6 is 0 Å². The minimum Gasteiger partial charge on any atom is -0.495 e. The van der Waals surface area contributed by atoms with E-state index in [2.05, 4.69) is 0 Å². The second-order valence-corrected chi connectivity index (χ2v) is 4.74. The van der Waals surface area contributed by atoms with Crippen molar-refractivity contribution in [1.29, 1.82) is 0 Å². The summed E-state index contributed by atoms with van der Waals surface area (Å²) in [6, 6.07) is 5.82. The number of rotatable bonds is 5. The van der Waals surface area contributed by atoms with Crippen LogP contribution < -0.4 is 10.5 Å².